The highest BCUT2D eigenvalue weighted by Gasteiger charge is 2.25. The molecule has 1 amide bonds. The van der Waals surface area contributed by atoms with E-state index in [9.17, 15) is 13.2 Å². The van der Waals surface area contributed by atoms with Gasteiger partial charge in [0.05, 0.1) is 11.2 Å². The molecule has 0 radical (unpaired) electrons. The van der Waals surface area contributed by atoms with Gasteiger partial charge in [-0.1, -0.05) is 6.92 Å². The molecule has 0 saturated heterocycles. The number of hydrogen-bond donors (Lipinski definition) is 1. The molecular formula is C18H22N2O4S. The summed E-state index contributed by atoms with van der Waals surface area (Å²) in [4.78, 5) is 13.9. The zero-order valence-electron chi connectivity index (χ0n) is 14.2. The number of nitrogens with zero attached hydrogens (tertiary/aromatic N) is 1. The molecule has 0 unspecified atom stereocenters. The molecule has 1 aliphatic rings. The molecule has 1 aromatic carbocycles. The molecule has 6 nitrogen and oxygen atoms in total. The minimum atomic E-state index is -3.55. The molecule has 3 rings (SSSR count). The first-order valence-corrected chi connectivity index (χ1v) is 9.95. The van der Waals surface area contributed by atoms with Crippen LogP contribution in [0.1, 0.15) is 31.1 Å². The van der Waals surface area contributed by atoms with E-state index >= 15 is 0 Å². The molecule has 0 bridgehead atoms. The summed E-state index contributed by atoms with van der Waals surface area (Å²) >= 11 is 0. The van der Waals surface area contributed by atoms with Crippen molar-refractivity contribution in [1.29, 1.82) is 0 Å². The SMILES string of the molecule is CCC(=O)N1CCc2cc(S(=O)(=O)NCCCc3ccco3)ccc21. The highest BCUT2D eigenvalue weighted by Crippen LogP contribution is 2.30. The molecule has 2 heterocycles. The van der Waals surface area contributed by atoms with E-state index in [-0.39, 0.29) is 10.8 Å². The topological polar surface area (TPSA) is 79.6 Å². The van der Waals surface area contributed by atoms with E-state index in [0.29, 0.717) is 38.8 Å². The third-order valence-electron chi connectivity index (χ3n) is 4.33. The Bertz CT molecular complexity index is 844. The Morgan fingerprint density at radius 3 is 2.88 bits per heavy atom. The minimum absolute atomic E-state index is 0.0606. The van der Waals surface area contributed by atoms with Crippen LogP contribution in [0, 0.1) is 0 Å². The molecule has 0 fully saturated rings. The third-order valence-corrected chi connectivity index (χ3v) is 5.79. The number of sulfonamides is 1. The van der Waals surface area contributed by atoms with E-state index in [2.05, 4.69) is 4.72 Å². The van der Waals surface area contributed by atoms with Gasteiger partial charge in [0.25, 0.3) is 0 Å². The molecule has 25 heavy (non-hydrogen) atoms. The monoisotopic (exact) mass is 362 g/mol. The van der Waals surface area contributed by atoms with Gasteiger partial charge in [0.15, 0.2) is 0 Å². The summed E-state index contributed by atoms with van der Waals surface area (Å²) < 4.78 is 32.8. The summed E-state index contributed by atoms with van der Waals surface area (Å²) in [6.07, 6.45) is 4.08. The van der Waals surface area contributed by atoms with Gasteiger partial charge >= 0.3 is 0 Å². The second-order valence-corrected chi connectivity index (χ2v) is 7.79. The van der Waals surface area contributed by atoms with E-state index in [0.717, 1.165) is 17.0 Å². The Hall–Kier alpha value is -2.12. The number of anilines is 1. The van der Waals surface area contributed by atoms with E-state index in [1.54, 1.807) is 29.4 Å². The molecule has 1 aromatic heterocycles. The number of rotatable bonds is 7. The van der Waals surface area contributed by atoms with Crippen LogP contribution in [0.3, 0.4) is 0 Å². The fourth-order valence-corrected chi connectivity index (χ4v) is 4.13. The van der Waals surface area contributed by atoms with Crippen molar-refractivity contribution in [1.82, 2.24) is 4.72 Å². The van der Waals surface area contributed by atoms with Crippen LogP contribution in [0.5, 0.6) is 0 Å². The fraction of sp³-hybridized carbons (Fsp3) is 0.389. The lowest BCUT2D eigenvalue weighted by Crippen LogP contribution is -2.28. The Morgan fingerprint density at radius 1 is 1.32 bits per heavy atom. The first-order chi connectivity index (χ1) is 12.0. The number of benzene rings is 1. The second-order valence-electron chi connectivity index (χ2n) is 6.02. The second kappa shape index (κ2) is 7.41. The summed E-state index contributed by atoms with van der Waals surface area (Å²) in [6.45, 7) is 2.79. The van der Waals surface area contributed by atoms with Crippen LogP contribution in [-0.2, 0) is 27.7 Å². The van der Waals surface area contributed by atoms with Crippen molar-refractivity contribution >= 4 is 21.6 Å². The van der Waals surface area contributed by atoms with E-state index in [4.69, 9.17) is 4.42 Å². The summed E-state index contributed by atoms with van der Waals surface area (Å²) in [5.41, 5.74) is 1.73. The highest BCUT2D eigenvalue weighted by molar-refractivity contribution is 7.89. The predicted octanol–water partition coefficient (Wildman–Crippen LogP) is 2.49. The van der Waals surface area contributed by atoms with Crippen molar-refractivity contribution in [2.45, 2.75) is 37.5 Å². The Morgan fingerprint density at radius 2 is 2.16 bits per heavy atom. The van der Waals surface area contributed by atoms with Crippen LogP contribution in [0.2, 0.25) is 0 Å². The van der Waals surface area contributed by atoms with Gasteiger partial charge in [0.1, 0.15) is 5.76 Å². The Kier molecular flexibility index (Phi) is 5.24. The third kappa shape index (κ3) is 3.93. The van der Waals surface area contributed by atoms with E-state index < -0.39 is 10.0 Å². The number of amides is 1. The zero-order valence-corrected chi connectivity index (χ0v) is 15.0. The molecule has 1 aliphatic heterocycles. The maximum Gasteiger partial charge on any atom is 0.240 e. The molecule has 0 saturated carbocycles. The maximum atomic E-state index is 12.4. The number of aryl methyl sites for hydroxylation is 1. The van der Waals surface area contributed by atoms with Crippen LogP contribution in [-0.4, -0.2) is 27.4 Å². The normalized spacial score (nSPS) is 13.9. The summed E-state index contributed by atoms with van der Waals surface area (Å²) in [5, 5.41) is 0. The van der Waals surface area contributed by atoms with Crippen molar-refractivity contribution in [3.8, 4) is 0 Å². The quantitative estimate of drug-likeness (QED) is 0.768. The van der Waals surface area contributed by atoms with Crippen LogP contribution in [0.4, 0.5) is 5.69 Å². The molecule has 0 atom stereocenters. The van der Waals surface area contributed by atoms with Crippen LogP contribution < -0.4 is 9.62 Å². The van der Waals surface area contributed by atoms with Gasteiger partial charge in [-0.15, -0.1) is 0 Å². The molecule has 2 aromatic rings. The van der Waals surface area contributed by atoms with Crippen molar-refractivity contribution in [2.75, 3.05) is 18.0 Å². The minimum Gasteiger partial charge on any atom is -0.469 e. The van der Waals surface area contributed by atoms with Gasteiger partial charge in [-0.05, 0) is 48.7 Å². The average Bonchev–Trinajstić information content (AvgIpc) is 3.27. The first kappa shape index (κ1) is 17.7. The summed E-state index contributed by atoms with van der Waals surface area (Å²) in [6, 6.07) is 8.66. The summed E-state index contributed by atoms with van der Waals surface area (Å²) in [5.74, 6) is 0.905. The predicted molar refractivity (Wildman–Crippen MR) is 95.0 cm³/mol. The van der Waals surface area contributed by atoms with Crippen LogP contribution >= 0.6 is 0 Å². The lowest BCUT2D eigenvalue weighted by Gasteiger charge is -2.16. The van der Waals surface area contributed by atoms with E-state index in [1.807, 2.05) is 19.1 Å². The number of carbonyl (C=O) groups excluding carboxylic acids is 1. The molecule has 7 heteroatoms. The van der Waals surface area contributed by atoms with Crippen molar-refractivity contribution in [3.63, 3.8) is 0 Å². The molecule has 1 N–H and O–H groups in total. The average molecular weight is 362 g/mol. The number of fused-ring (bicyclic) bond motifs is 1. The molecule has 0 aliphatic carbocycles. The number of hydrogen-bond acceptors (Lipinski definition) is 4. The largest absolute Gasteiger partial charge is 0.469 e. The van der Waals surface area contributed by atoms with Crippen LogP contribution in [0.25, 0.3) is 0 Å². The van der Waals surface area contributed by atoms with Gasteiger partial charge < -0.3 is 9.32 Å². The molecule has 134 valence electrons. The fourth-order valence-electron chi connectivity index (χ4n) is 3.00. The standard InChI is InChI=1S/C18H22N2O4S/c1-2-18(21)20-11-9-14-13-16(7-8-17(14)20)25(22,23)19-10-3-5-15-6-4-12-24-15/h4,6-8,12-13,19H,2-3,5,9-11H2,1H3. The van der Waals surface area contributed by atoms with Crippen molar-refractivity contribution < 1.29 is 17.6 Å². The maximum absolute atomic E-state index is 12.4. The Balaban J connectivity index is 1.64. The summed E-state index contributed by atoms with van der Waals surface area (Å²) in [7, 11) is -3.55. The van der Waals surface area contributed by atoms with Crippen molar-refractivity contribution in [2.24, 2.45) is 0 Å². The van der Waals surface area contributed by atoms with Gasteiger partial charge in [0, 0.05) is 31.6 Å². The lowest BCUT2D eigenvalue weighted by atomic mass is 10.2. The zero-order chi connectivity index (χ0) is 17.9. The van der Waals surface area contributed by atoms with Gasteiger partial charge in [-0.25, -0.2) is 13.1 Å². The molecule has 0 spiro atoms. The van der Waals surface area contributed by atoms with Gasteiger partial charge in [-0.2, -0.15) is 0 Å². The van der Waals surface area contributed by atoms with Crippen LogP contribution in [0.15, 0.2) is 45.9 Å². The lowest BCUT2D eigenvalue weighted by molar-refractivity contribution is -0.118. The first-order valence-electron chi connectivity index (χ1n) is 8.46. The van der Waals surface area contributed by atoms with Gasteiger partial charge in [0.2, 0.25) is 15.9 Å². The number of nitrogens with one attached hydrogen (secondary N) is 1. The number of furan rings is 1. The molecular weight excluding hydrogens is 340 g/mol. The van der Waals surface area contributed by atoms with E-state index in [1.165, 1.54) is 0 Å². The number of carbonyl (C=O) groups is 1. The highest BCUT2D eigenvalue weighted by atomic mass is 32.2. The van der Waals surface area contributed by atoms with Crippen molar-refractivity contribution in [3.05, 3.63) is 47.9 Å². The Labute approximate surface area is 147 Å². The van der Waals surface area contributed by atoms with Gasteiger partial charge in [-0.3, -0.25) is 4.79 Å². The smallest absolute Gasteiger partial charge is 0.240 e.